The van der Waals surface area contributed by atoms with Crippen LogP contribution in [0.2, 0.25) is 0 Å². The minimum atomic E-state index is -0.268. The molecule has 0 bridgehead atoms. The number of aryl methyl sites for hydroxylation is 1. The summed E-state index contributed by atoms with van der Waals surface area (Å²) in [5.74, 6) is 0.554. The molecule has 0 unspecified atom stereocenters. The molecule has 5 heteroatoms. The van der Waals surface area contributed by atoms with Gasteiger partial charge in [-0.25, -0.2) is 4.98 Å². The fraction of sp³-hybridized carbons (Fsp3) is 0.158. The minimum absolute atomic E-state index is 0.255. The second-order valence-corrected chi connectivity index (χ2v) is 6.07. The summed E-state index contributed by atoms with van der Waals surface area (Å²) >= 11 is 3.44. The van der Waals surface area contributed by atoms with E-state index in [1.54, 1.807) is 0 Å². The number of aromatic amines is 1. The fourth-order valence-corrected chi connectivity index (χ4v) is 2.95. The van der Waals surface area contributed by atoms with Crippen LogP contribution in [0.3, 0.4) is 0 Å². The summed E-state index contributed by atoms with van der Waals surface area (Å²) in [5, 5.41) is 0.824. The largest absolute Gasteiger partial charge is 0.449 e. The van der Waals surface area contributed by atoms with E-state index in [1.165, 1.54) is 0 Å². The third-order valence-electron chi connectivity index (χ3n) is 3.69. The van der Waals surface area contributed by atoms with Gasteiger partial charge in [0.25, 0.3) is 5.56 Å². The van der Waals surface area contributed by atoms with Gasteiger partial charge in [-0.15, -0.1) is 0 Å². The Bertz CT molecular complexity index is 1080. The molecule has 0 amide bonds. The fourth-order valence-electron chi connectivity index (χ4n) is 2.59. The van der Waals surface area contributed by atoms with E-state index < -0.39 is 0 Å². The van der Waals surface area contributed by atoms with E-state index in [1.807, 2.05) is 63.2 Å². The first-order valence-corrected chi connectivity index (χ1v) is 8.61. The number of nitrogens with one attached hydrogen (secondary N) is 1. The third-order valence-corrected chi connectivity index (χ3v) is 4.18. The van der Waals surface area contributed by atoms with Crippen LogP contribution in [0.5, 0.6) is 0 Å². The van der Waals surface area contributed by atoms with E-state index in [9.17, 15) is 4.79 Å². The molecule has 2 aromatic carbocycles. The van der Waals surface area contributed by atoms with Crippen molar-refractivity contribution in [2.75, 3.05) is 0 Å². The van der Waals surface area contributed by atoms with Gasteiger partial charge in [-0.2, -0.15) is 0 Å². The SMILES string of the molecule is CC.Cc1ccccc1-c1nc2c(oc3ccc(Br)cc32)c(=O)[nH]1. The number of aromatic nitrogens is 2. The van der Waals surface area contributed by atoms with Crippen molar-refractivity contribution in [2.45, 2.75) is 20.8 Å². The molecule has 122 valence electrons. The molecular formula is C19H17BrN2O2. The molecule has 24 heavy (non-hydrogen) atoms. The quantitative estimate of drug-likeness (QED) is 0.475. The third kappa shape index (κ3) is 2.76. The van der Waals surface area contributed by atoms with Gasteiger partial charge in [-0.1, -0.05) is 54.0 Å². The van der Waals surface area contributed by atoms with Gasteiger partial charge in [0.2, 0.25) is 5.58 Å². The second-order valence-electron chi connectivity index (χ2n) is 5.15. The average molecular weight is 385 g/mol. The Morgan fingerprint density at radius 3 is 2.62 bits per heavy atom. The molecule has 0 saturated heterocycles. The Kier molecular flexibility index (Phi) is 4.53. The highest BCUT2D eigenvalue weighted by molar-refractivity contribution is 9.10. The van der Waals surface area contributed by atoms with Crippen LogP contribution in [0.1, 0.15) is 19.4 Å². The van der Waals surface area contributed by atoms with Crippen molar-refractivity contribution in [3.05, 3.63) is 62.9 Å². The first-order valence-electron chi connectivity index (χ1n) is 7.81. The first-order chi connectivity index (χ1) is 11.6. The van der Waals surface area contributed by atoms with Crippen LogP contribution in [0.25, 0.3) is 33.5 Å². The van der Waals surface area contributed by atoms with Crippen molar-refractivity contribution in [3.63, 3.8) is 0 Å². The molecule has 0 radical (unpaired) electrons. The van der Waals surface area contributed by atoms with Crippen molar-refractivity contribution in [1.29, 1.82) is 0 Å². The molecule has 2 heterocycles. The van der Waals surface area contributed by atoms with Gasteiger partial charge in [-0.05, 0) is 30.7 Å². The van der Waals surface area contributed by atoms with Crippen LogP contribution >= 0.6 is 15.9 Å². The number of hydrogen-bond acceptors (Lipinski definition) is 3. The summed E-state index contributed by atoms with van der Waals surface area (Å²) in [6.07, 6.45) is 0. The molecule has 0 aliphatic heterocycles. The lowest BCUT2D eigenvalue weighted by molar-refractivity contribution is 0.661. The smallest absolute Gasteiger partial charge is 0.294 e. The van der Waals surface area contributed by atoms with E-state index in [-0.39, 0.29) is 11.1 Å². The molecule has 0 aliphatic rings. The summed E-state index contributed by atoms with van der Waals surface area (Å²) < 4.78 is 6.55. The number of rotatable bonds is 1. The molecule has 0 saturated carbocycles. The zero-order valence-corrected chi connectivity index (χ0v) is 15.3. The standard InChI is InChI=1S/C17H11BrN2O2.C2H6/c1-9-4-2-3-5-11(9)16-19-14-12-8-10(18)6-7-13(12)22-15(14)17(21)20-16;1-2/h2-8H,1H3,(H,19,20,21);1-2H3. The Hall–Kier alpha value is -2.40. The van der Waals surface area contributed by atoms with Crippen LogP contribution in [0.15, 0.2) is 56.1 Å². The predicted octanol–water partition coefficient (Wildman–Crippen LogP) is 5.43. The molecule has 0 fully saturated rings. The number of halogens is 1. The van der Waals surface area contributed by atoms with Crippen LogP contribution in [-0.2, 0) is 0 Å². The Morgan fingerprint density at radius 1 is 1.12 bits per heavy atom. The second kappa shape index (κ2) is 6.61. The van der Waals surface area contributed by atoms with Crippen molar-refractivity contribution in [2.24, 2.45) is 0 Å². The zero-order chi connectivity index (χ0) is 17.3. The zero-order valence-electron chi connectivity index (χ0n) is 13.7. The molecule has 2 aromatic heterocycles. The molecule has 0 aliphatic carbocycles. The monoisotopic (exact) mass is 384 g/mol. The van der Waals surface area contributed by atoms with E-state index in [0.717, 1.165) is 21.0 Å². The lowest BCUT2D eigenvalue weighted by Crippen LogP contribution is -2.08. The van der Waals surface area contributed by atoms with E-state index in [0.29, 0.717) is 16.9 Å². The van der Waals surface area contributed by atoms with E-state index >= 15 is 0 Å². The van der Waals surface area contributed by atoms with Gasteiger partial charge in [0.05, 0.1) is 0 Å². The Morgan fingerprint density at radius 2 is 1.88 bits per heavy atom. The van der Waals surface area contributed by atoms with Crippen LogP contribution in [0.4, 0.5) is 0 Å². The summed E-state index contributed by atoms with van der Waals surface area (Å²) in [6, 6.07) is 13.4. The molecule has 0 atom stereocenters. The summed E-state index contributed by atoms with van der Waals surface area (Å²) in [6.45, 7) is 5.99. The molecule has 4 aromatic rings. The summed E-state index contributed by atoms with van der Waals surface area (Å²) in [4.78, 5) is 19.8. The summed E-state index contributed by atoms with van der Waals surface area (Å²) in [5.41, 5.74) is 3.18. The molecule has 4 nitrogen and oxygen atoms in total. The predicted molar refractivity (Wildman–Crippen MR) is 101 cm³/mol. The Balaban J connectivity index is 0.000000815. The van der Waals surface area contributed by atoms with Crippen molar-refractivity contribution >= 4 is 38.0 Å². The highest BCUT2D eigenvalue weighted by Crippen LogP contribution is 2.29. The number of fused-ring (bicyclic) bond motifs is 3. The normalized spacial score (nSPS) is 10.7. The highest BCUT2D eigenvalue weighted by atomic mass is 79.9. The highest BCUT2D eigenvalue weighted by Gasteiger charge is 2.15. The topological polar surface area (TPSA) is 58.9 Å². The maximum absolute atomic E-state index is 12.3. The molecule has 4 rings (SSSR count). The maximum Gasteiger partial charge on any atom is 0.294 e. The van der Waals surface area contributed by atoms with Crippen molar-refractivity contribution < 1.29 is 4.42 Å². The number of furan rings is 1. The number of nitrogens with zero attached hydrogens (tertiary/aromatic N) is 1. The molecule has 0 spiro atoms. The van der Waals surface area contributed by atoms with Crippen LogP contribution in [0, 0.1) is 6.92 Å². The van der Waals surface area contributed by atoms with Crippen LogP contribution < -0.4 is 5.56 Å². The van der Waals surface area contributed by atoms with Gasteiger partial charge in [0.1, 0.15) is 16.9 Å². The Labute approximate surface area is 147 Å². The van der Waals surface area contributed by atoms with E-state index in [4.69, 9.17) is 4.42 Å². The maximum atomic E-state index is 12.3. The van der Waals surface area contributed by atoms with Crippen molar-refractivity contribution in [3.8, 4) is 11.4 Å². The minimum Gasteiger partial charge on any atom is -0.449 e. The lowest BCUT2D eigenvalue weighted by atomic mass is 10.1. The number of H-pyrrole nitrogens is 1. The van der Waals surface area contributed by atoms with Crippen molar-refractivity contribution in [1.82, 2.24) is 9.97 Å². The molecule has 1 N–H and O–H groups in total. The molecular weight excluding hydrogens is 368 g/mol. The van der Waals surface area contributed by atoms with Gasteiger partial charge >= 0.3 is 0 Å². The van der Waals surface area contributed by atoms with E-state index in [2.05, 4.69) is 25.9 Å². The van der Waals surface area contributed by atoms with Crippen LogP contribution in [-0.4, -0.2) is 9.97 Å². The van der Waals surface area contributed by atoms with Gasteiger partial charge in [0, 0.05) is 15.4 Å². The van der Waals surface area contributed by atoms with Gasteiger partial charge in [-0.3, -0.25) is 4.79 Å². The van der Waals surface area contributed by atoms with Gasteiger partial charge < -0.3 is 9.40 Å². The first kappa shape index (κ1) is 16.5. The average Bonchev–Trinajstić information content (AvgIpc) is 2.96. The summed E-state index contributed by atoms with van der Waals surface area (Å²) in [7, 11) is 0. The number of hydrogen-bond donors (Lipinski definition) is 1. The van der Waals surface area contributed by atoms with Gasteiger partial charge in [0.15, 0.2) is 0 Å². The lowest BCUT2D eigenvalue weighted by Gasteiger charge is -2.04. The number of benzene rings is 2.